The van der Waals surface area contributed by atoms with E-state index < -0.39 is 0 Å². The lowest BCUT2D eigenvalue weighted by atomic mass is 9.74. The third-order valence-electron chi connectivity index (χ3n) is 4.22. The van der Waals surface area contributed by atoms with Crippen LogP contribution in [0, 0.1) is 5.41 Å². The molecule has 2 aliphatic rings. The van der Waals surface area contributed by atoms with E-state index in [0.29, 0.717) is 6.42 Å². The van der Waals surface area contributed by atoms with E-state index in [2.05, 4.69) is 43.3 Å². The fourth-order valence-corrected chi connectivity index (χ4v) is 3.14. The van der Waals surface area contributed by atoms with Crippen molar-refractivity contribution in [2.24, 2.45) is 5.41 Å². The van der Waals surface area contributed by atoms with Gasteiger partial charge in [0.15, 0.2) is 5.78 Å². The van der Waals surface area contributed by atoms with Crippen LogP contribution >= 0.6 is 0 Å². The zero-order chi connectivity index (χ0) is 12.6. The summed E-state index contributed by atoms with van der Waals surface area (Å²) >= 11 is 0. The lowest BCUT2D eigenvalue weighted by Crippen LogP contribution is -2.16. The van der Waals surface area contributed by atoms with Crippen molar-refractivity contribution in [1.29, 1.82) is 0 Å². The van der Waals surface area contributed by atoms with E-state index in [9.17, 15) is 4.79 Å². The summed E-state index contributed by atoms with van der Waals surface area (Å²) in [6, 6.07) is 8.40. The van der Waals surface area contributed by atoms with Gasteiger partial charge in [0.2, 0.25) is 0 Å². The van der Waals surface area contributed by atoms with Crippen LogP contribution in [0.2, 0.25) is 0 Å². The smallest absolute Gasteiger partial charge is 0.156 e. The molecule has 18 heavy (non-hydrogen) atoms. The largest absolute Gasteiger partial charge is 0.295 e. The Bertz CT molecular complexity index is 550. The van der Waals surface area contributed by atoms with Gasteiger partial charge in [-0.05, 0) is 47.5 Å². The van der Waals surface area contributed by atoms with E-state index in [0.717, 1.165) is 19.3 Å². The zero-order valence-corrected chi connectivity index (χ0v) is 10.8. The maximum atomic E-state index is 11.9. The summed E-state index contributed by atoms with van der Waals surface area (Å²) in [5.41, 5.74) is 3.84. The fraction of sp³-hybridized carbons (Fsp3) is 0.353. The van der Waals surface area contributed by atoms with Gasteiger partial charge in [0, 0.05) is 6.42 Å². The number of allylic oxidation sites excluding steroid dienone is 3. The van der Waals surface area contributed by atoms with E-state index >= 15 is 0 Å². The first-order chi connectivity index (χ1) is 8.69. The van der Waals surface area contributed by atoms with E-state index in [1.165, 1.54) is 16.7 Å². The second-order valence-electron chi connectivity index (χ2n) is 5.63. The second kappa shape index (κ2) is 4.24. The summed E-state index contributed by atoms with van der Waals surface area (Å²) < 4.78 is 0. The van der Waals surface area contributed by atoms with Gasteiger partial charge in [-0.15, -0.1) is 0 Å². The molecule has 1 aromatic rings. The Morgan fingerprint density at radius 2 is 2.06 bits per heavy atom. The maximum absolute atomic E-state index is 11.9. The molecule has 0 amide bonds. The van der Waals surface area contributed by atoms with E-state index in [-0.39, 0.29) is 11.2 Å². The van der Waals surface area contributed by atoms with E-state index in [1.54, 1.807) is 0 Å². The van der Waals surface area contributed by atoms with Crippen molar-refractivity contribution in [3.63, 3.8) is 0 Å². The number of benzene rings is 1. The number of rotatable bonds is 0. The lowest BCUT2D eigenvalue weighted by Gasteiger charge is -2.30. The molecular formula is C17H18O. The molecule has 0 unspecified atom stereocenters. The van der Waals surface area contributed by atoms with Gasteiger partial charge in [-0.3, -0.25) is 4.79 Å². The van der Waals surface area contributed by atoms with Crippen molar-refractivity contribution in [1.82, 2.24) is 0 Å². The topological polar surface area (TPSA) is 17.1 Å². The molecule has 1 aromatic carbocycles. The van der Waals surface area contributed by atoms with E-state index in [1.807, 2.05) is 6.08 Å². The van der Waals surface area contributed by atoms with Crippen molar-refractivity contribution in [3.8, 4) is 0 Å². The van der Waals surface area contributed by atoms with Crippen molar-refractivity contribution < 1.29 is 4.79 Å². The monoisotopic (exact) mass is 238 g/mol. The maximum Gasteiger partial charge on any atom is 0.156 e. The molecule has 92 valence electrons. The molecule has 3 rings (SSSR count). The van der Waals surface area contributed by atoms with Crippen LogP contribution < -0.4 is 0 Å². The second-order valence-corrected chi connectivity index (χ2v) is 5.63. The molecule has 0 radical (unpaired) electrons. The third kappa shape index (κ3) is 1.84. The van der Waals surface area contributed by atoms with Crippen molar-refractivity contribution in [2.75, 3.05) is 0 Å². The summed E-state index contributed by atoms with van der Waals surface area (Å²) in [5.74, 6) is 0.283. The average Bonchev–Trinajstić information content (AvgIpc) is 2.57. The van der Waals surface area contributed by atoms with Crippen LogP contribution in [0.4, 0.5) is 0 Å². The SMILES string of the molecule is C[C@]12CC=Cc3ccccc3C1=CC(=O)CCC2. The molecule has 0 bridgehead atoms. The summed E-state index contributed by atoms with van der Waals surface area (Å²) in [4.78, 5) is 11.9. The van der Waals surface area contributed by atoms with Crippen molar-refractivity contribution >= 4 is 17.4 Å². The highest BCUT2D eigenvalue weighted by molar-refractivity contribution is 5.99. The molecule has 2 aliphatic carbocycles. The number of ketones is 1. The zero-order valence-electron chi connectivity index (χ0n) is 10.8. The van der Waals surface area contributed by atoms with Crippen LogP contribution in [0.3, 0.4) is 0 Å². The van der Waals surface area contributed by atoms with Crippen molar-refractivity contribution in [3.05, 3.63) is 47.5 Å². The average molecular weight is 238 g/mol. The van der Waals surface area contributed by atoms with Gasteiger partial charge in [0.05, 0.1) is 0 Å². The fourth-order valence-electron chi connectivity index (χ4n) is 3.14. The molecule has 0 aliphatic heterocycles. The molecule has 0 spiro atoms. The number of carbonyl (C=O) groups is 1. The molecule has 1 heteroatoms. The molecule has 0 fully saturated rings. The third-order valence-corrected chi connectivity index (χ3v) is 4.22. The molecule has 0 aromatic heterocycles. The number of hydrogen-bond donors (Lipinski definition) is 0. The first kappa shape index (κ1) is 11.5. The molecule has 1 atom stereocenters. The summed E-state index contributed by atoms with van der Waals surface area (Å²) in [6.07, 6.45) is 10.2. The van der Waals surface area contributed by atoms with Crippen LogP contribution in [0.25, 0.3) is 11.6 Å². The molecular weight excluding hydrogens is 220 g/mol. The minimum absolute atomic E-state index is 0.120. The summed E-state index contributed by atoms with van der Waals surface area (Å²) in [5, 5.41) is 0. The Balaban J connectivity index is 2.22. The van der Waals surface area contributed by atoms with Crippen LogP contribution in [0.15, 0.2) is 36.4 Å². The minimum Gasteiger partial charge on any atom is -0.295 e. The van der Waals surface area contributed by atoms with Gasteiger partial charge in [-0.1, -0.05) is 43.3 Å². The Morgan fingerprint density at radius 3 is 2.94 bits per heavy atom. The number of carbonyl (C=O) groups excluding carboxylic acids is 1. The normalized spacial score (nSPS) is 26.7. The molecule has 0 N–H and O–H groups in total. The standard InChI is InChI=1S/C17H18O/c1-17-10-4-7-13-6-2-3-9-15(13)16(17)12-14(18)8-5-11-17/h2-4,6-7,9,12H,5,8,10-11H2,1H3/t17-/m1/s1. The molecule has 1 nitrogen and oxygen atoms in total. The van der Waals surface area contributed by atoms with E-state index in [4.69, 9.17) is 0 Å². The Labute approximate surface area is 108 Å². The highest BCUT2D eigenvalue weighted by atomic mass is 16.1. The Hall–Kier alpha value is -1.63. The molecule has 0 saturated heterocycles. The van der Waals surface area contributed by atoms with Crippen LogP contribution in [0.1, 0.15) is 43.7 Å². The van der Waals surface area contributed by atoms with Gasteiger partial charge < -0.3 is 0 Å². The highest BCUT2D eigenvalue weighted by Gasteiger charge is 2.33. The first-order valence-electron chi connectivity index (χ1n) is 6.70. The van der Waals surface area contributed by atoms with Gasteiger partial charge >= 0.3 is 0 Å². The van der Waals surface area contributed by atoms with Crippen molar-refractivity contribution in [2.45, 2.75) is 32.6 Å². The minimum atomic E-state index is 0.120. The predicted molar refractivity (Wildman–Crippen MR) is 75.0 cm³/mol. The lowest BCUT2D eigenvalue weighted by molar-refractivity contribution is -0.114. The number of hydrogen-bond acceptors (Lipinski definition) is 1. The highest BCUT2D eigenvalue weighted by Crippen LogP contribution is 2.47. The van der Waals surface area contributed by atoms with Crippen LogP contribution in [-0.2, 0) is 4.79 Å². The first-order valence-corrected chi connectivity index (χ1v) is 6.70. The van der Waals surface area contributed by atoms with Crippen LogP contribution in [0.5, 0.6) is 0 Å². The number of fused-ring (bicyclic) bond motifs is 3. The van der Waals surface area contributed by atoms with Crippen LogP contribution in [-0.4, -0.2) is 5.78 Å². The van der Waals surface area contributed by atoms with Gasteiger partial charge in [-0.25, -0.2) is 0 Å². The van der Waals surface area contributed by atoms with Gasteiger partial charge in [-0.2, -0.15) is 0 Å². The predicted octanol–water partition coefficient (Wildman–Crippen LogP) is 4.25. The Morgan fingerprint density at radius 1 is 1.22 bits per heavy atom. The molecule has 0 heterocycles. The van der Waals surface area contributed by atoms with Gasteiger partial charge in [0.1, 0.15) is 0 Å². The Kier molecular flexibility index (Phi) is 2.70. The summed E-state index contributed by atoms with van der Waals surface area (Å²) in [7, 11) is 0. The quantitative estimate of drug-likeness (QED) is 0.660. The summed E-state index contributed by atoms with van der Waals surface area (Å²) in [6.45, 7) is 2.30. The molecule has 0 saturated carbocycles. The van der Waals surface area contributed by atoms with Gasteiger partial charge in [0.25, 0.3) is 0 Å².